The van der Waals surface area contributed by atoms with E-state index in [1.165, 1.54) is 0 Å². The predicted octanol–water partition coefficient (Wildman–Crippen LogP) is 2.31. The molecule has 1 amide bonds. The third-order valence-electron chi connectivity index (χ3n) is 3.03. The molecule has 3 rings (SSSR count). The molecule has 3 nitrogen and oxygen atoms in total. The summed E-state index contributed by atoms with van der Waals surface area (Å²) < 4.78 is 0. The monoisotopic (exact) mass is 224 g/mol. The van der Waals surface area contributed by atoms with Crippen molar-refractivity contribution >= 4 is 11.6 Å². The maximum Gasteiger partial charge on any atom is 0.245 e. The summed E-state index contributed by atoms with van der Waals surface area (Å²) in [5, 5.41) is 2.76. The number of carbonyl (C=O) groups is 1. The highest BCUT2D eigenvalue weighted by Gasteiger charge is 2.26. The number of hydrogen-bond acceptors (Lipinski definition) is 2. The minimum absolute atomic E-state index is 0.134. The Hall–Kier alpha value is -2.13. The van der Waals surface area contributed by atoms with Crippen molar-refractivity contribution in [2.24, 2.45) is 5.73 Å². The Balaban J connectivity index is 2.09. The summed E-state index contributed by atoms with van der Waals surface area (Å²) in [5.41, 5.74) is 9.72. The lowest BCUT2D eigenvalue weighted by atomic mass is 10.0. The van der Waals surface area contributed by atoms with E-state index in [1.54, 1.807) is 0 Å². The number of amides is 1. The second kappa shape index (κ2) is 3.71. The molecule has 0 aromatic heterocycles. The molecule has 17 heavy (non-hydrogen) atoms. The minimum Gasteiger partial charge on any atom is -0.324 e. The number of rotatable bonds is 1. The summed E-state index contributed by atoms with van der Waals surface area (Å²) in [5.74, 6) is -0.134. The molecule has 2 aromatic carbocycles. The normalized spacial score (nSPS) is 17.7. The second-order valence-corrected chi connectivity index (χ2v) is 4.13. The Kier molecular flexibility index (Phi) is 2.20. The van der Waals surface area contributed by atoms with Crippen molar-refractivity contribution in [2.75, 3.05) is 5.32 Å². The summed E-state index contributed by atoms with van der Waals surface area (Å²) in [6.45, 7) is 0. The first kappa shape index (κ1) is 10.1. The second-order valence-electron chi connectivity index (χ2n) is 4.13. The van der Waals surface area contributed by atoms with E-state index in [9.17, 15) is 4.79 Å². The van der Waals surface area contributed by atoms with E-state index in [1.807, 2.05) is 48.5 Å². The largest absolute Gasteiger partial charge is 0.324 e. The Bertz CT molecular complexity index is 578. The van der Waals surface area contributed by atoms with Gasteiger partial charge in [0.25, 0.3) is 0 Å². The number of anilines is 1. The summed E-state index contributed by atoms with van der Waals surface area (Å²) in [4.78, 5) is 11.4. The van der Waals surface area contributed by atoms with Crippen LogP contribution >= 0.6 is 0 Å². The number of carbonyl (C=O) groups excluding carboxylic acids is 1. The molecule has 0 bridgehead atoms. The van der Waals surface area contributed by atoms with Gasteiger partial charge in [-0.2, -0.15) is 0 Å². The molecule has 0 spiro atoms. The fraction of sp³-hybridized carbons (Fsp3) is 0.0714. The Morgan fingerprint density at radius 3 is 2.53 bits per heavy atom. The molecule has 0 radical (unpaired) electrons. The molecule has 0 fully saturated rings. The third kappa shape index (κ3) is 1.61. The first-order chi connectivity index (χ1) is 8.25. The lowest BCUT2D eigenvalue weighted by molar-refractivity contribution is -0.116. The van der Waals surface area contributed by atoms with Gasteiger partial charge in [-0.05, 0) is 23.3 Å². The van der Waals surface area contributed by atoms with E-state index in [0.29, 0.717) is 0 Å². The zero-order chi connectivity index (χ0) is 11.8. The number of fused-ring (bicyclic) bond motifs is 1. The summed E-state index contributed by atoms with van der Waals surface area (Å²) >= 11 is 0. The number of benzene rings is 2. The molecular weight excluding hydrogens is 212 g/mol. The van der Waals surface area contributed by atoms with Gasteiger partial charge in [0.2, 0.25) is 5.91 Å². The molecule has 1 atom stereocenters. The summed E-state index contributed by atoms with van der Waals surface area (Å²) in [7, 11) is 0. The van der Waals surface area contributed by atoms with Gasteiger partial charge in [-0.1, -0.05) is 36.4 Å². The van der Waals surface area contributed by atoms with Crippen LogP contribution in [-0.4, -0.2) is 5.91 Å². The average Bonchev–Trinajstić information content (AvgIpc) is 2.66. The molecule has 1 unspecified atom stereocenters. The minimum atomic E-state index is -0.548. The van der Waals surface area contributed by atoms with E-state index in [2.05, 4.69) is 5.32 Å². The van der Waals surface area contributed by atoms with Crippen LogP contribution in [0.3, 0.4) is 0 Å². The molecule has 2 aromatic rings. The van der Waals surface area contributed by atoms with Crippen LogP contribution in [0.15, 0.2) is 48.5 Å². The van der Waals surface area contributed by atoms with Gasteiger partial charge in [-0.3, -0.25) is 4.79 Å². The van der Waals surface area contributed by atoms with Crippen molar-refractivity contribution in [1.82, 2.24) is 0 Å². The van der Waals surface area contributed by atoms with Gasteiger partial charge in [0, 0.05) is 11.3 Å². The summed E-state index contributed by atoms with van der Waals surface area (Å²) in [6.07, 6.45) is 0. The first-order valence-corrected chi connectivity index (χ1v) is 5.51. The topological polar surface area (TPSA) is 55.1 Å². The highest BCUT2D eigenvalue weighted by molar-refractivity contribution is 6.02. The van der Waals surface area contributed by atoms with Crippen molar-refractivity contribution in [3.05, 3.63) is 54.1 Å². The molecule has 1 aliphatic heterocycles. The van der Waals surface area contributed by atoms with Gasteiger partial charge >= 0.3 is 0 Å². The van der Waals surface area contributed by atoms with Crippen LogP contribution in [0.1, 0.15) is 11.6 Å². The van der Waals surface area contributed by atoms with Crippen molar-refractivity contribution in [2.45, 2.75) is 6.04 Å². The van der Waals surface area contributed by atoms with Crippen LogP contribution < -0.4 is 11.1 Å². The number of hydrogen-bond donors (Lipinski definition) is 2. The summed E-state index contributed by atoms with van der Waals surface area (Å²) in [6, 6.07) is 15.4. The van der Waals surface area contributed by atoms with Crippen LogP contribution in [0.2, 0.25) is 0 Å². The molecule has 3 N–H and O–H groups in total. The Morgan fingerprint density at radius 2 is 1.76 bits per heavy atom. The SMILES string of the molecule is NC1C(=O)Nc2ccc(-c3ccccc3)cc21. The van der Waals surface area contributed by atoms with Crippen molar-refractivity contribution in [3.63, 3.8) is 0 Å². The van der Waals surface area contributed by atoms with Crippen LogP contribution in [0.5, 0.6) is 0 Å². The zero-order valence-corrected chi connectivity index (χ0v) is 9.18. The number of nitrogens with two attached hydrogens (primary N) is 1. The fourth-order valence-corrected chi connectivity index (χ4v) is 2.10. The average molecular weight is 224 g/mol. The van der Waals surface area contributed by atoms with Crippen molar-refractivity contribution in [3.8, 4) is 11.1 Å². The van der Waals surface area contributed by atoms with Gasteiger partial charge in [-0.15, -0.1) is 0 Å². The van der Waals surface area contributed by atoms with Gasteiger partial charge in [0.15, 0.2) is 0 Å². The van der Waals surface area contributed by atoms with Crippen LogP contribution in [0, 0.1) is 0 Å². The zero-order valence-electron chi connectivity index (χ0n) is 9.18. The molecule has 3 heteroatoms. The van der Waals surface area contributed by atoms with Gasteiger partial charge in [-0.25, -0.2) is 0 Å². The van der Waals surface area contributed by atoms with E-state index >= 15 is 0 Å². The first-order valence-electron chi connectivity index (χ1n) is 5.51. The van der Waals surface area contributed by atoms with E-state index in [-0.39, 0.29) is 5.91 Å². The van der Waals surface area contributed by atoms with Crippen LogP contribution in [0.25, 0.3) is 11.1 Å². The predicted molar refractivity (Wildman–Crippen MR) is 67.4 cm³/mol. The molecule has 1 aliphatic rings. The van der Waals surface area contributed by atoms with Crippen molar-refractivity contribution < 1.29 is 4.79 Å². The molecule has 0 aliphatic carbocycles. The number of nitrogens with one attached hydrogen (secondary N) is 1. The van der Waals surface area contributed by atoms with E-state index in [0.717, 1.165) is 22.4 Å². The highest BCUT2D eigenvalue weighted by atomic mass is 16.2. The fourth-order valence-electron chi connectivity index (χ4n) is 2.10. The van der Waals surface area contributed by atoms with Crippen LogP contribution in [-0.2, 0) is 4.79 Å². The maximum atomic E-state index is 11.4. The van der Waals surface area contributed by atoms with E-state index in [4.69, 9.17) is 5.73 Å². The van der Waals surface area contributed by atoms with Gasteiger partial charge in [0.1, 0.15) is 6.04 Å². The molecule has 0 saturated carbocycles. The standard InChI is InChI=1S/C14H12N2O/c15-13-11-8-10(9-4-2-1-3-5-9)6-7-12(11)16-14(13)17/h1-8,13H,15H2,(H,16,17). The molecular formula is C14H12N2O. The maximum absolute atomic E-state index is 11.4. The van der Waals surface area contributed by atoms with Crippen LogP contribution in [0.4, 0.5) is 5.69 Å². The Labute approximate surface area is 99.3 Å². The van der Waals surface area contributed by atoms with Crippen molar-refractivity contribution in [1.29, 1.82) is 0 Å². The smallest absolute Gasteiger partial charge is 0.245 e. The van der Waals surface area contributed by atoms with E-state index < -0.39 is 6.04 Å². The quantitative estimate of drug-likeness (QED) is 0.781. The highest BCUT2D eigenvalue weighted by Crippen LogP contribution is 2.32. The lowest BCUT2D eigenvalue weighted by Gasteiger charge is -2.06. The lowest BCUT2D eigenvalue weighted by Crippen LogP contribution is -2.19. The third-order valence-corrected chi connectivity index (χ3v) is 3.03. The molecule has 84 valence electrons. The van der Waals surface area contributed by atoms with Gasteiger partial charge < -0.3 is 11.1 Å². The van der Waals surface area contributed by atoms with Gasteiger partial charge in [0.05, 0.1) is 0 Å². The Morgan fingerprint density at radius 1 is 1.00 bits per heavy atom. The molecule has 0 saturated heterocycles. The molecule has 1 heterocycles.